The van der Waals surface area contributed by atoms with Crippen LogP contribution >= 0.6 is 0 Å². The van der Waals surface area contributed by atoms with Gasteiger partial charge in [0.25, 0.3) is 11.1 Å². The third-order valence-electron chi connectivity index (χ3n) is 4.14. The monoisotopic (exact) mass is 420 g/mol. The Bertz CT molecular complexity index is 1240. The number of alkyl halides is 3. The topological polar surface area (TPSA) is 106 Å². The molecule has 2 aromatic heterocycles. The van der Waals surface area contributed by atoms with E-state index in [9.17, 15) is 32.3 Å². The maximum atomic E-state index is 12.8. The van der Waals surface area contributed by atoms with Gasteiger partial charge in [0.2, 0.25) is 5.91 Å². The average molecular weight is 420 g/mol. The van der Waals surface area contributed by atoms with Gasteiger partial charge in [0.1, 0.15) is 12.2 Å². The molecule has 1 aromatic carbocycles. The zero-order chi connectivity index (χ0) is 21.9. The average Bonchev–Trinajstić information content (AvgIpc) is 2.69. The van der Waals surface area contributed by atoms with Crippen LogP contribution in [-0.4, -0.2) is 20.0 Å². The van der Waals surface area contributed by atoms with Crippen LogP contribution in [0.5, 0.6) is 0 Å². The second-order valence-corrected chi connectivity index (χ2v) is 6.31. The van der Waals surface area contributed by atoms with Crippen molar-refractivity contribution in [3.8, 4) is 0 Å². The van der Waals surface area contributed by atoms with Crippen LogP contribution in [0.2, 0.25) is 0 Å². The lowest BCUT2D eigenvalue weighted by molar-refractivity contribution is -0.137. The zero-order valence-electron chi connectivity index (χ0n) is 15.3. The van der Waals surface area contributed by atoms with Gasteiger partial charge >= 0.3 is 11.9 Å². The van der Waals surface area contributed by atoms with Gasteiger partial charge in [-0.05, 0) is 11.6 Å². The van der Waals surface area contributed by atoms with Crippen molar-refractivity contribution in [3.05, 3.63) is 97.2 Å². The molecule has 3 aromatic rings. The van der Waals surface area contributed by atoms with Gasteiger partial charge in [-0.3, -0.25) is 23.5 Å². The molecule has 8 nitrogen and oxygen atoms in total. The van der Waals surface area contributed by atoms with Gasteiger partial charge in [0, 0.05) is 18.5 Å². The molecule has 11 heteroatoms. The Morgan fingerprint density at radius 2 is 1.77 bits per heavy atom. The van der Waals surface area contributed by atoms with E-state index >= 15 is 0 Å². The van der Waals surface area contributed by atoms with E-state index in [1.54, 1.807) is 30.3 Å². The molecule has 0 saturated heterocycles. The highest BCUT2D eigenvalue weighted by atomic mass is 19.4. The van der Waals surface area contributed by atoms with Gasteiger partial charge < -0.3 is 10.3 Å². The zero-order valence-corrected chi connectivity index (χ0v) is 15.3. The van der Waals surface area contributed by atoms with Gasteiger partial charge in [0.05, 0.1) is 12.1 Å². The van der Waals surface area contributed by atoms with E-state index in [4.69, 9.17) is 0 Å². The van der Waals surface area contributed by atoms with Gasteiger partial charge in [-0.1, -0.05) is 30.3 Å². The van der Waals surface area contributed by atoms with Crippen molar-refractivity contribution in [3.63, 3.8) is 0 Å². The molecule has 0 atom stereocenters. The number of halogens is 3. The highest BCUT2D eigenvalue weighted by Crippen LogP contribution is 2.29. The van der Waals surface area contributed by atoms with Crippen LogP contribution < -0.4 is 22.1 Å². The lowest BCUT2D eigenvalue weighted by Crippen LogP contribution is -2.42. The van der Waals surface area contributed by atoms with Crippen molar-refractivity contribution >= 4 is 11.6 Å². The molecule has 2 N–H and O–H groups in total. The van der Waals surface area contributed by atoms with E-state index in [-0.39, 0.29) is 6.54 Å². The summed E-state index contributed by atoms with van der Waals surface area (Å²) in [6, 6.07) is 10.5. The standard InChI is InChI=1S/C19H15F3N4O4/c20-19(21,22)13-8-14(17(29)23-9-13)24-15(27)11-26-16(28)6-7-25(18(26)30)10-12-4-2-1-3-5-12/h1-9H,10-11H2,(H,23,29)(H,24,27). The number of carbonyl (C=O) groups is 1. The number of hydrogen-bond donors (Lipinski definition) is 2. The molecule has 0 bridgehead atoms. The molecule has 0 aliphatic heterocycles. The molecule has 0 aliphatic carbocycles. The van der Waals surface area contributed by atoms with Gasteiger partial charge in [-0.25, -0.2) is 4.79 Å². The molecule has 156 valence electrons. The summed E-state index contributed by atoms with van der Waals surface area (Å²) in [6.45, 7) is -0.627. The third kappa shape index (κ3) is 4.74. The molecule has 0 saturated carbocycles. The first-order valence-corrected chi connectivity index (χ1v) is 8.59. The number of nitrogens with one attached hydrogen (secondary N) is 2. The first kappa shape index (κ1) is 20.8. The van der Waals surface area contributed by atoms with Gasteiger partial charge in [-0.2, -0.15) is 13.2 Å². The molecule has 0 unspecified atom stereocenters. The molecule has 0 aliphatic rings. The molecule has 1 amide bonds. The number of benzene rings is 1. The van der Waals surface area contributed by atoms with Crippen molar-refractivity contribution in [1.29, 1.82) is 0 Å². The Hall–Kier alpha value is -3.89. The van der Waals surface area contributed by atoms with Crippen LogP contribution in [0.25, 0.3) is 0 Å². The number of carbonyl (C=O) groups excluding carboxylic acids is 1. The SMILES string of the molecule is O=C(Cn1c(=O)ccn(Cc2ccccc2)c1=O)Nc1cc(C(F)(F)F)c[nH]c1=O. The maximum absolute atomic E-state index is 12.8. The van der Waals surface area contributed by atoms with Crippen LogP contribution in [0, 0.1) is 0 Å². The van der Waals surface area contributed by atoms with E-state index in [0.717, 1.165) is 11.6 Å². The van der Waals surface area contributed by atoms with E-state index in [0.29, 0.717) is 16.8 Å². The number of rotatable bonds is 5. The number of pyridine rings is 1. The second kappa shape index (κ2) is 8.23. The van der Waals surface area contributed by atoms with Crippen molar-refractivity contribution in [2.75, 3.05) is 5.32 Å². The molecule has 30 heavy (non-hydrogen) atoms. The number of nitrogens with zero attached hydrogens (tertiary/aromatic N) is 2. The van der Waals surface area contributed by atoms with E-state index in [2.05, 4.69) is 0 Å². The van der Waals surface area contributed by atoms with Crippen LogP contribution in [0.4, 0.5) is 18.9 Å². The predicted molar refractivity (Wildman–Crippen MR) is 101 cm³/mol. The summed E-state index contributed by atoms with van der Waals surface area (Å²) in [5.41, 5.74) is -3.54. The van der Waals surface area contributed by atoms with Crippen molar-refractivity contribution in [2.24, 2.45) is 0 Å². The predicted octanol–water partition coefficient (Wildman–Crippen LogP) is 1.40. The summed E-state index contributed by atoms with van der Waals surface area (Å²) < 4.78 is 40.2. The van der Waals surface area contributed by atoms with Crippen molar-refractivity contribution < 1.29 is 18.0 Å². The Kier molecular flexibility index (Phi) is 5.72. The first-order chi connectivity index (χ1) is 14.1. The minimum atomic E-state index is -4.73. The quantitative estimate of drug-likeness (QED) is 0.651. The fourth-order valence-corrected chi connectivity index (χ4v) is 2.68. The summed E-state index contributed by atoms with van der Waals surface area (Å²) in [5.74, 6) is -1.00. The Morgan fingerprint density at radius 1 is 1.07 bits per heavy atom. The second-order valence-electron chi connectivity index (χ2n) is 6.31. The summed E-state index contributed by atoms with van der Waals surface area (Å²) in [4.78, 5) is 50.4. The molecular formula is C19H15F3N4O4. The molecule has 0 radical (unpaired) electrons. The van der Waals surface area contributed by atoms with Crippen LogP contribution in [0.1, 0.15) is 11.1 Å². The molecular weight excluding hydrogens is 405 g/mol. The smallest absolute Gasteiger partial charge is 0.327 e. The largest absolute Gasteiger partial charge is 0.417 e. The normalized spacial score (nSPS) is 11.3. The Labute approximate surface area is 166 Å². The summed E-state index contributed by atoms with van der Waals surface area (Å²) in [7, 11) is 0. The molecule has 2 heterocycles. The third-order valence-corrected chi connectivity index (χ3v) is 4.14. The van der Waals surface area contributed by atoms with Gasteiger partial charge in [-0.15, -0.1) is 0 Å². The number of anilines is 1. The lowest BCUT2D eigenvalue weighted by Gasteiger charge is -2.11. The number of aromatic amines is 1. The Morgan fingerprint density at radius 3 is 2.43 bits per heavy atom. The summed E-state index contributed by atoms with van der Waals surface area (Å²) in [6.07, 6.45) is -2.98. The minimum Gasteiger partial charge on any atom is -0.327 e. The van der Waals surface area contributed by atoms with Gasteiger partial charge in [0.15, 0.2) is 0 Å². The number of H-pyrrole nitrogens is 1. The highest BCUT2D eigenvalue weighted by Gasteiger charge is 2.31. The number of amides is 1. The minimum absolute atomic E-state index is 0.148. The van der Waals surface area contributed by atoms with Crippen molar-refractivity contribution in [2.45, 2.75) is 19.3 Å². The number of hydrogen-bond acceptors (Lipinski definition) is 4. The maximum Gasteiger partial charge on any atom is 0.417 e. The van der Waals surface area contributed by atoms with Crippen LogP contribution in [-0.2, 0) is 24.1 Å². The van der Waals surface area contributed by atoms with Crippen molar-refractivity contribution in [1.82, 2.24) is 14.1 Å². The number of aromatic nitrogens is 3. The highest BCUT2D eigenvalue weighted by molar-refractivity contribution is 5.90. The lowest BCUT2D eigenvalue weighted by atomic mass is 10.2. The molecule has 0 fully saturated rings. The molecule has 3 rings (SSSR count). The van der Waals surface area contributed by atoms with Crippen LogP contribution in [0.3, 0.4) is 0 Å². The van der Waals surface area contributed by atoms with E-state index in [1.165, 1.54) is 10.8 Å². The molecule has 0 spiro atoms. The first-order valence-electron chi connectivity index (χ1n) is 8.59. The fraction of sp³-hybridized carbons (Fsp3) is 0.158. The van der Waals surface area contributed by atoms with E-state index < -0.39 is 46.7 Å². The summed E-state index contributed by atoms with van der Waals surface area (Å²) >= 11 is 0. The van der Waals surface area contributed by atoms with E-state index in [1.807, 2.05) is 10.3 Å². The summed E-state index contributed by atoms with van der Waals surface area (Å²) in [5, 5.41) is 2.00. The Balaban J connectivity index is 1.84. The fourth-order valence-electron chi connectivity index (χ4n) is 2.68. The van der Waals surface area contributed by atoms with Crippen LogP contribution in [0.15, 0.2) is 69.2 Å².